The van der Waals surface area contributed by atoms with E-state index in [1.54, 1.807) is 6.07 Å². The van der Waals surface area contributed by atoms with Crippen molar-refractivity contribution in [1.82, 2.24) is 24.6 Å². The lowest BCUT2D eigenvalue weighted by molar-refractivity contribution is -0.384. The second kappa shape index (κ2) is 7.40. The van der Waals surface area contributed by atoms with Crippen LogP contribution in [0, 0.1) is 21.4 Å². The van der Waals surface area contributed by atoms with Gasteiger partial charge in [-0.05, 0) is 31.7 Å². The predicted molar refractivity (Wildman–Crippen MR) is 105 cm³/mol. The Morgan fingerprint density at radius 3 is 2.77 bits per heavy atom. The van der Waals surface area contributed by atoms with Crippen LogP contribution in [-0.4, -0.2) is 35.7 Å². The van der Waals surface area contributed by atoms with E-state index in [4.69, 9.17) is 0 Å². The van der Waals surface area contributed by atoms with Crippen LogP contribution in [0.4, 0.5) is 5.69 Å². The van der Waals surface area contributed by atoms with E-state index in [1.165, 1.54) is 35.4 Å². The third-order valence-corrected chi connectivity index (χ3v) is 5.22. The lowest BCUT2D eigenvalue weighted by Gasteiger charge is -2.22. The number of amides is 1. The summed E-state index contributed by atoms with van der Waals surface area (Å²) in [5, 5.41) is 27.6. The molecule has 4 rings (SSSR count). The van der Waals surface area contributed by atoms with E-state index >= 15 is 0 Å². The molecule has 2 heterocycles. The van der Waals surface area contributed by atoms with Crippen LogP contribution >= 0.6 is 0 Å². The molecule has 3 aromatic rings. The second-order valence-electron chi connectivity index (χ2n) is 7.17. The van der Waals surface area contributed by atoms with Gasteiger partial charge in [-0.15, -0.1) is 0 Å². The maximum Gasteiger partial charge on any atom is 0.294 e. The van der Waals surface area contributed by atoms with Crippen LogP contribution in [0.3, 0.4) is 0 Å². The number of nitrogens with zero attached hydrogens (tertiary/aromatic N) is 6. The van der Waals surface area contributed by atoms with Crippen LogP contribution in [0.2, 0.25) is 0 Å². The minimum atomic E-state index is -0.880. The highest BCUT2D eigenvalue weighted by Crippen LogP contribution is 2.29. The number of hydrogen-bond acceptors (Lipinski definition) is 7. The first-order valence-electron chi connectivity index (χ1n) is 9.33. The first-order valence-corrected chi connectivity index (χ1v) is 9.33. The fraction of sp³-hybridized carbons (Fsp3) is 0.316. The molecule has 152 valence electrons. The molecule has 0 saturated heterocycles. The highest BCUT2D eigenvalue weighted by atomic mass is 16.6. The van der Waals surface area contributed by atoms with Gasteiger partial charge in [0.2, 0.25) is 5.91 Å². The summed E-state index contributed by atoms with van der Waals surface area (Å²) in [5.74, 6) is -0.451. The molecule has 11 nitrogen and oxygen atoms in total. The summed E-state index contributed by atoms with van der Waals surface area (Å²) in [6, 6.07) is 8.17. The molecule has 0 aliphatic heterocycles. The Morgan fingerprint density at radius 1 is 1.33 bits per heavy atom. The smallest absolute Gasteiger partial charge is 0.294 e. The van der Waals surface area contributed by atoms with Crippen LogP contribution in [0.1, 0.15) is 25.7 Å². The van der Waals surface area contributed by atoms with Crippen LogP contribution in [-0.2, 0) is 11.3 Å². The van der Waals surface area contributed by atoms with Gasteiger partial charge in [0.1, 0.15) is 29.5 Å². The number of carbonyl (C=O) groups is 1. The summed E-state index contributed by atoms with van der Waals surface area (Å²) in [5.41, 5.74) is -1.23. The molecule has 1 fully saturated rings. The Bertz CT molecular complexity index is 1250. The van der Waals surface area contributed by atoms with E-state index in [2.05, 4.69) is 21.5 Å². The topological polar surface area (TPSA) is 149 Å². The van der Waals surface area contributed by atoms with Crippen molar-refractivity contribution in [3.05, 3.63) is 57.3 Å². The van der Waals surface area contributed by atoms with Crippen LogP contribution < -0.4 is 10.9 Å². The molecule has 0 radical (unpaired) electrons. The number of benzene rings is 1. The van der Waals surface area contributed by atoms with Crippen molar-refractivity contribution in [2.75, 3.05) is 0 Å². The number of rotatable bonds is 5. The lowest BCUT2D eigenvalue weighted by atomic mass is 10.00. The molecule has 0 spiro atoms. The largest absolute Gasteiger partial charge is 0.336 e. The van der Waals surface area contributed by atoms with Gasteiger partial charge >= 0.3 is 0 Å². The van der Waals surface area contributed by atoms with E-state index in [0.29, 0.717) is 12.8 Å². The summed E-state index contributed by atoms with van der Waals surface area (Å²) in [7, 11) is 0. The fourth-order valence-electron chi connectivity index (χ4n) is 3.74. The molecule has 11 heteroatoms. The van der Waals surface area contributed by atoms with Crippen molar-refractivity contribution in [3.8, 4) is 11.8 Å². The van der Waals surface area contributed by atoms with Gasteiger partial charge in [-0.1, -0.05) is 12.1 Å². The van der Waals surface area contributed by atoms with Crippen molar-refractivity contribution in [3.63, 3.8) is 0 Å². The first-order chi connectivity index (χ1) is 14.4. The van der Waals surface area contributed by atoms with Gasteiger partial charge in [0.15, 0.2) is 5.65 Å². The van der Waals surface area contributed by atoms with E-state index in [1.807, 2.05) is 0 Å². The zero-order chi connectivity index (χ0) is 21.3. The molecule has 1 aliphatic rings. The van der Waals surface area contributed by atoms with E-state index in [9.17, 15) is 25.0 Å². The molecule has 1 aromatic carbocycles. The van der Waals surface area contributed by atoms with Gasteiger partial charge in [-0.2, -0.15) is 10.4 Å². The Labute approximate surface area is 169 Å². The van der Waals surface area contributed by atoms with Gasteiger partial charge in [-0.25, -0.2) is 9.67 Å². The quantitative estimate of drug-likeness (QED) is 0.497. The Hall–Kier alpha value is -4.07. The SMILES string of the molecule is N#CC1(NC(=O)Cn2cnc3c(cnn3-c3ccccc3[N+](=O)[O-])c2=O)CCCC1. The minimum absolute atomic E-state index is 0.124. The van der Waals surface area contributed by atoms with Crippen LogP contribution in [0.5, 0.6) is 0 Å². The molecule has 2 aromatic heterocycles. The summed E-state index contributed by atoms with van der Waals surface area (Å²) in [6.07, 6.45) is 5.38. The highest BCUT2D eigenvalue weighted by Gasteiger charge is 2.35. The van der Waals surface area contributed by atoms with Gasteiger partial charge < -0.3 is 5.32 Å². The molecule has 0 bridgehead atoms. The van der Waals surface area contributed by atoms with Gasteiger partial charge in [0.25, 0.3) is 11.2 Å². The predicted octanol–water partition coefficient (Wildman–Crippen LogP) is 1.44. The maximum absolute atomic E-state index is 12.8. The average Bonchev–Trinajstić information content (AvgIpc) is 3.38. The standard InChI is InChI=1S/C19H17N7O4/c20-11-19(7-3-4-8-19)23-16(27)10-24-12-21-17-13(18(24)28)9-22-25(17)14-5-1-2-6-15(14)26(29)30/h1-2,5-6,9,12H,3-4,7-8,10H2,(H,23,27). The number of nitro groups is 1. The Balaban J connectivity index is 1.65. The molecular formula is C19H17N7O4. The van der Waals surface area contributed by atoms with E-state index in [0.717, 1.165) is 17.4 Å². The number of para-hydroxylation sites is 2. The zero-order valence-electron chi connectivity index (χ0n) is 15.8. The number of aromatic nitrogens is 4. The molecule has 1 aliphatic carbocycles. The molecule has 1 saturated carbocycles. The van der Waals surface area contributed by atoms with Gasteiger partial charge in [-0.3, -0.25) is 24.3 Å². The number of nitriles is 1. The summed E-state index contributed by atoms with van der Waals surface area (Å²) in [6.45, 7) is -0.290. The lowest BCUT2D eigenvalue weighted by Crippen LogP contribution is -2.47. The van der Waals surface area contributed by atoms with Crippen molar-refractivity contribution in [2.24, 2.45) is 0 Å². The summed E-state index contributed by atoms with van der Waals surface area (Å²) in [4.78, 5) is 40.2. The van der Waals surface area contributed by atoms with Crippen LogP contribution in [0.25, 0.3) is 16.7 Å². The summed E-state index contributed by atoms with van der Waals surface area (Å²) < 4.78 is 2.35. The van der Waals surface area contributed by atoms with Crippen LogP contribution in [0.15, 0.2) is 41.6 Å². The molecule has 1 amide bonds. The van der Waals surface area contributed by atoms with Crippen molar-refractivity contribution < 1.29 is 9.72 Å². The minimum Gasteiger partial charge on any atom is -0.336 e. The third-order valence-electron chi connectivity index (χ3n) is 5.22. The molecular weight excluding hydrogens is 390 g/mol. The maximum atomic E-state index is 12.8. The number of nitro benzene ring substituents is 1. The van der Waals surface area contributed by atoms with Gasteiger partial charge in [0, 0.05) is 6.07 Å². The fourth-order valence-corrected chi connectivity index (χ4v) is 3.74. The molecule has 30 heavy (non-hydrogen) atoms. The van der Waals surface area contributed by atoms with E-state index in [-0.39, 0.29) is 29.0 Å². The summed E-state index contributed by atoms with van der Waals surface area (Å²) >= 11 is 0. The molecule has 1 N–H and O–H groups in total. The monoisotopic (exact) mass is 407 g/mol. The molecule has 0 unspecified atom stereocenters. The van der Waals surface area contributed by atoms with Crippen molar-refractivity contribution in [2.45, 2.75) is 37.8 Å². The van der Waals surface area contributed by atoms with Gasteiger partial charge in [0.05, 0.1) is 17.2 Å². The zero-order valence-corrected chi connectivity index (χ0v) is 15.8. The van der Waals surface area contributed by atoms with E-state index < -0.39 is 21.9 Å². The number of carbonyl (C=O) groups excluding carboxylic acids is 1. The average molecular weight is 407 g/mol. The number of hydrogen-bond donors (Lipinski definition) is 1. The van der Waals surface area contributed by atoms with Crippen molar-refractivity contribution >= 4 is 22.6 Å². The molecule has 0 atom stereocenters. The second-order valence-corrected chi connectivity index (χ2v) is 7.17. The number of nitrogens with one attached hydrogen (secondary N) is 1. The number of fused-ring (bicyclic) bond motifs is 1. The van der Waals surface area contributed by atoms with Crippen molar-refractivity contribution in [1.29, 1.82) is 5.26 Å². The highest BCUT2D eigenvalue weighted by molar-refractivity contribution is 5.79. The first kappa shape index (κ1) is 19.3. The Morgan fingerprint density at radius 2 is 2.07 bits per heavy atom. The third kappa shape index (κ3) is 3.28. The Kier molecular flexibility index (Phi) is 4.75. The normalized spacial score (nSPS) is 15.0.